The number of aryl methyl sites for hydroxylation is 3. The molecular formula is C22H21N3O5. The SMILES string of the molecule is Cc1ccc(OCC(=O)N/N=C\c2ccc(-c3ccc([N+](=O)[O-])cc3C)o2)c(C)c1. The molecule has 8 nitrogen and oxygen atoms in total. The van der Waals surface area contributed by atoms with Gasteiger partial charge in [-0.1, -0.05) is 17.7 Å². The third kappa shape index (κ3) is 5.11. The van der Waals surface area contributed by atoms with E-state index in [-0.39, 0.29) is 12.3 Å². The zero-order valence-electron chi connectivity index (χ0n) is 16.8. The van der Waals surface area contributed by atoms with Crippen LogP contribution in [0.15, 0.2) is 58.0 Å². The Bertz CT molecular complexity index is 1120. The van der Waals surface area contributed by atoms with Crippen molar-refractivity contribution in [1.29, 1.82) is 0 Å². The van der Waals surface area contributed by atoms with Gasteiger partial charge in [-0.3, -0.25) is 14.9 Å². The second-order valence-corrected chi connectivity index (χ2v) is 6.81. The quantitative estimate of drug-likeness (QED) is 0.357. The first-order valence-electron chi connectivity index (χ1n) is 9.20. The van der Waals surface area contributed by atoms with Crippen LogP contribution in [0, 0.1) is 30.9 Å². The third-order valence-electron chi connectivity index (χ3n) is 4.38. The second-order valence-electron chi connectivity index (χ2n) is 6.81. The number of nitrogens with one attached hydrogen (secondary N) is 1. The van der Waals surface area contributed by atoms with Gasteiger partial charge >= 0.3 is 0 Å². The largest absolute Gasteiger partial charge is 0.483 e. The van der Waals surface area contributed by atoms with Crippen LogP contribution in [-0.2, 0) is 4.79 Å². The lowest BCUT2D eigenvalue weighted by molar-refractivity contribution is -0.384. The Morgan fingerprint density at radius 3 is 2.63 bits per heavy atom. The highest BCUT2D eigenvalue weighted by molar-refractivity contribution is 5.82. The number of nitrogens with zero attached hydrogens (tertiary/aromatic N) is 2. The van der Waals surface area contributed by atoms with E-state index in [9.17, 15) is 14.9 Å². The highest BCUT2D eigenvalue weighted by Crippen LogP contribution is 2.28. The zero-order valence-corrected chi connectivity index (χ0v) is 16.8. The Kier molecular flexibility index (Phi) is 6.26. The summed E-state index contributed by atoms with van der Waals surface area (Å²) in [6.45, 7) is 5.52. The second kappa shape index (κ2) is 9.04. The van der Waals surface area contributed by atoms with E-state index in [1.165, 1.54) is 18.3 Å². The van der Waals surface area contributed by atoms with Gasteiger partial charge in [-0.15, -0.1) is 0 Å². The number of carbonyl (C=O) groups excluding carboxylic acids is 1. The van der Waals surface area contributed by atoms with Gasteiger partial charge in [-0.25, -0.2) is 5.43 Å². The number of nitro benzene ring substituents is 1. The average Bonchev–Trinajstić information content (AvgIpc) is 3.15. The summed E-state index contributed by atoms with van der Waals surface area (Å²) in [6.07, 6.45) is 1.37. The van der Waals surface area contributed by atoms with Crippen molar-refractivity contribution < 1.29 is 18.9 Å². The van der Waals surface area contributed by atoms with E-state index in [0.717, 1.165) is 22.3 Å². The van der Waals surface area contributed by atoms with E-state index >= 15 is 0 Å². The minimum absolute atomic E-state index is 0.0235. The van der Waals surface area contributed by atoms with Crippen LogP contribution >= 0.6 is 0 Å². The minimum Gasteiger partial charge on any atom is -0.483 e. The number of nitro groups is 1. The number of rotatable bonds is 7. The molecule has 0 spiro atoms. The lowest BCUT2D eigenvalue weighted by Crippen LogP contribution is -2.24. The first-order valence-corrected chi connectivity index (χ1v) is 9.20. The molecule has 1 aromatic heterocycles. The minimum atomic E-state index is -0.441. The number of hydrogen-bond donors (Lipinski definition) is 1. The summed E-state index contributed by atoms with van der Waals surface area (Å²) < 4.78 is 11.2. The monoisotopic (exact) mass is 407 g/mol. The maximum Gasteiger partial charge on any atom is 0.277 e. The summed E-state index contributed by atoms with van der Waals surface area (Å²) in [5, 5.41) is 14.7. The topological polar surface area (TPSA) is 107 Å². The molecule has 0 bridgehead atoms. The van der Waals surface area contributed by atoms with E-state index < -0.39 is 10.8 Å². The maximum absolute atomic E-state index is 11.9. The zero-order chi connectivity index (χ0) is 21.7. The van der Waals surface area contributed by atoms with Crippen molar-refractivity contribution in [3.05, 3.63) is 81.1 Å². The van der Waals surface area contributed by atoms with Gasteiger partial charge in [0.25, 0.3) is 11.6 Å². The number of furan rings is 1. The van der Waals surface area contributed by atoms with Gasteiger partial charge in [0, 0.05) is 17.7 Å². The number of benzene rings is 2. The Labute approximate surface area is 173 Å². The molecule has 8 heteroatoms. The van der Waals surface area contributed by atoms with Crippen molar-refractivity contribution in [3.8, 4) is 17.1 Å². The maximum atomic E-state index is 11.9. The predicted octanol–water partition coefficient (Wildman–Crippen LogP) is 4.31. The summed E-state index contributed by atoms with van der Waals surface area (Å²) >= 11 is 0. The standard InChI is InChI=1S/C22H21N3O5/c1-14-4-8-20(16(3)10-14)29-13-22(26)24-23-12-18-6-9-21(30-18)19-7-5-17(25(27)28)11-15(19)2/h4-12H,13H2,1-3H3,(H,24,26)/b23-12-. The lowest BCUT2D eigenvalue weighted by Gasteiger charge is -2.08. The van der Waals surface area contributed by atoms with Gasteiger partial charge in [0.15, 0.2) is 6.61 Å². The van der Waals surface area contributed by atoms with E-state index in [1.807, 2.05) is 32.0 Å². The van der Waals surface area contributed by atoms with Gasteiger partial charge in [-0.05, 0) is 56.2 Å². The number of amides is 1. The number of carbonyl (C=O) groups is 1. The molecule has 0 fully saturated rings. The van der Waals surface area contributed by atoms with E-state index in [1.54, 1.807) is 25.1 Å². The molecule has 1 heterocycles. The predicted molar refractivity (Wildman–Crippen MR) is 113 cm³/mol. The van der Waals surface area contributed by atoms with Crippen LogP contribution in [0.25, 0.3) is 11.3 Å². The molecule has 0 unspecified atom stereocenters. The highest BCUT2D eigenvalue weighted by Gasteiger charge is 2.12. The average molecular weight is 407 g/mol. The number of ether oxygens (including phenoxy) is 1. The lowest BCUT2D eigenvalue weighted by atomic mass is 10.1. The Balaban J connectivity index is 1.56. The molecule has 0 radical (unpaired) electrons. The molecule has 2 aromatic carbocycles. The molecule has 0 saturated carbocycles. The van der Waals surface area contributed by atoms with Crippen LogP contribution in [0.5, 0.6) is 5.75 Å². The van der Waals surface area contributed by atoms with Crippen LogP contribution in [0.1, 0.15) is 22.5 Å². The molecular weight excluding hydrogens is 386 g/mol. The van der Waals surface area contributed by atoms with Crippen LogP contribution < -0.4 is 10.2 Å². The van der Waals surface area contributed by atoms with Gasteiger partial charge < -0.3 is 9.15 Å². The van der Waals surface area contributed by atoms with Gasteiger partial charge in [0.2, 0.25) is 0 Å². The molecule has 0 atom stereocenters. The van der Waals surface area contributed by atoms with Crippen LogP contribution in [0.3, 0.4) is 0 Å². The highest BCUT2D eigenvalue weighted by atomic mass is 16.6. The van der Waals surface area contributed by atoms with Crippen molar-refractivity contribution in [2.75, 3.05) is 6.61 Å². The van der Waals surface area contributed by atoms with Gasteiger partial charge in [0.1, 0.15) is 17.3 Å². The van der Waals surface area contributed by atoms with Crippen molar-refractivity contribution >= 4 is 17.8 Å². The van der Waals surface area contributed by atoms with E-state index in [4.69, 9.17) is 9.15 Å². The molecule has 3 rings (SSSR count). The van der Waals surface area contributed by atoms with E-state index in [2.05, 4.69) is 10.5 Å². The molecule has 1 N–H and O–H groups in total. The third-order valence-corrected chi connectivity index (χ3v) is 4.38. The summed E-state index contributed by atoms with van der Waals surface area (Å²) in [5.41, 5.74) is 5.95. The fraction of sp³-hybridized carbons (Fsp3) is 0.182. The van der Waals surface area contributed by atoms with Crippen LogP contribution in [-0.4, -0.2) is 23.7 Å². The summed E-state index contributed by atoms with van der Waals surface area (Å²) in [6, 6.07) is 13.7. The fourth-order valence-electron chi connectivity index (χ4n) is 2.91. The Morgan fingerprint density at radius 2 is 1.93 bits per heavy atom. The molecule has 0 aliphatic heterocycles. The fourth-order valence-corrected chi connectivity index (χ4v) is 2.91. The first kappa shape index (κ1) is 20.8. The van der Waals surface area contributed by atoms with Crippen molar-refractivity contribution in [2.24, 2.45) is 5.10 Å². The molecule has 154 valence electrons. The van der Waals surface area contributed by atoms with Gasteiger partial charge in [-0.2, -0.15) is 5.10 Å². The number of hydrogen-bond acceptors (Lipinski definition) is 6. The van der Waals surface area contributed by atoms with Gasteiger partial charge in [0.05, 0.1) is 11.1 Å². The molecule has 0 aliphatic rings. The molecule has 1 amide bonds. The van der Waals surface area contributed by atoms with E-state index in [0.29, 0.717) is 17.3 Å². The summed E-state index contributed by atoms with van der Waals surface area (Å²) in [7, 11) is 0. The Morgan fingerprint density at radius 1 is 1.13 bits per heavy atom. The molecule has 3 aromatic rings. The first-order chi connectivity index (χ1) is 14.3. The summed E-state index contributed by atoms with van der Waals surface area (Å²) in [4.78, 5) is 22.3. The number of non-ortho nitro benzene ring substituents is 1. The van der Waals surface area contributed by atoms with Crippen molar-refractivity contribution in [2.45, 2.75) is 20.8 Å². The number of hydrazone groups is 1. The van der Waals surface area contributed by atoms with Crippen molar-refractivity contribution in [1.82, 2.24) is 5.43 Å². The summed E-state index contributed by atoms with van der Waals surface area (Å²) in [5.74, 6) is 1.23. The Hall–Kier alpha value is -3.94. The van der Waals surface area contributed by atoms with Crippen LogP contribution in [0.4, 0.5) is 5.69 Å². The molecule has 30 heavy (non-hydrogen) atoms. The van der Waals surface area contributed by atoms with Crippen molar-refractivity contribution in [3.63, 3.8) is 0 Å². The smallest absolute Gasteiger partial charge is 0.277 e. The molecule has 0 aliphatic carbocycles. The normalized spacial score (nSPS) is 10.9. The molecule has 0 saturated heterocycles. The van der Waals surface area contributed by atoms with Crippen LogP contribution in [0.2, 0.25) is 0 Å².